The van der Waals surface area contributed by atoms with Gasteiger partial charge in [-0.3, -0.25) is 4.58 Å². The maximum atomic E-state index is 5.26. The van der Waals surface area contributed by atoms with Gasteiger partial charge < -0.3 is 14.4 Å². The average molecular weight is 212 g/mol. The molecule has 2 aliphatic rings. The van der Waals surface area contributed by atoms with E-state index in [9.17, 15) is 0 Å². The molecule has 2 fully saturated rings. The van der Waals surface area contributed by atoms with Crippen LogP contribution < -0.4 is 0 Å². The van der Waals surface area contributed by atoms with E-state index in [4.69, 9.17) is 9.47 Å². The largest absolute Gasteiger partial charge is 0.378 e. The van der Waals surface area contributed by atoms with Crippen molar-refractivity contribution in [2.24, 2.45) is 4.99 Å². The van der Waals surface area contributed by atoms with Crippen LogP contribution in [0.5, 0.6) is 0 Å². The van der Waals surface area contributed by atoms with Gasteiger partial charge in [0.15, 0.2) is 0 Å². The van der Waals surface area contributed by atoms with Crippen LogP contribution in [0.1, 0.15) is 0 Å². The van der Waals surface area contributed by atoms with E-state index in [1.165, 1.54) is 0 Å². The summed E-state index contributed by atoms with van der Waals surface area (Å²) in [4.78, 5) is 6.49. The minimum absolute atomic E-state index is 0.809. The minimum Gasteiger partial charge on any atom is -0.378 e. The zero-order chi connectivity index (χ0) is 10.3. The van der Waals surface area contributed by atoms with Crippen molar-refractivity contribution in [3.05, 3.63) is 0 Å². The van der Waals surface area contributed by atoms with Crippen LogP contribution in [-0.2, 0) is 9.47 Å². The first-order valence-electron chi connectivity index (χ1n) is 5.45. The lowest BCUT2D eigenvalue weighted by Crippen LogP contribution is -2.35. The van der Waals surface area contributed by atoms with Crippen LogP contribution in [0.15, 0.2) is 4.99 Å². The summed E-state index contributed by atoms with van der Waals surface area (Å²) >= 11 is 0. The van der Waals surface area contributed by atoms with E-state index in [1.54, 1.807) is 0 Å². The van der Waals surface area contributed by atoms with E-state index in [2.05, 4.69) is 14.5 Å². The minimum atomic E-state index is 0.809. The maximum absolute atomic E-state index is 5.26. The van der Waals surface area contributed by atoms with Gasteiger partial charge >= 0.3 is 0 Å². The third kappa shape index (κ3) is 3.60. The number of morpholine rings is 2. The molecule has 2 aliphatic heterocycles. The normalized spacial score (nSPS) is 23.5. The summed E-state index contributed by atoms with van der Waals surface area (Å²) in [5, 5.41) is 0. The van der Waals surface area contributed by atoms with Gasteiger partial charge in [0.2, 0.25) is 6.34 Å². The van der Waals surface area contributed by atoms with E-state index in [0.29, 0.717) is 0 Å². The summed E-state index contributed by atoms with van der Waals surface area (Å²) in [7, 11) is 0. The van der Waals surface area contributed by atoms with Gasteiger partial charge in [-0.1, -0.05) is 0 Å². The molecule has 0 spiro atoms. The van der Waals surface area contributed by atoms with Crippen molar-refractivity contribution in [3.63, 3.8) is 0 Å². The van der Waals surface area contributed by atoms with Crippen LogP contribution in [0.3, 0.4) is 0 Å². The highest BCUT2D eigenvalue weighted by Crippen LogP contribution is 1.92. The van der Waals surface area contributed by atoms with Crippen LogP contribution in [0, 0.1) is 0 Å². The van der Waals surface area contributed by atoms with Crippen molar-refractivity contribution < 1.29 is 14.0 Å². The molecule has 0 bridgehead atoms. The zero-order valence-electron chi connectivity index (χ0n) is 8.97. The SMILES string of the molecule is C(=NC=[N+]1CCOCC1)N1CCOCC1. The fraction of sp³-hybridized carbons (Fsp3) is 0.800. The fourth-order valence-electron chi connectivity index (χ4n) is 1.60. The molecule has 2 rings (SSSR count). The first kappa shape index (κ1) is 10.6. The number of nitrogens with zero attached hydrogens (tertiary/aromatic N) is 3. The third-order valence-corrected chi connectivity index (χ3v) is 2.55. The first-order valence-corrected chi connectivity index (χ1v) is 5.45. The van der Waals surface area contributed by atoms with E-state index < -0.39 is 0 Å². The quantitative estimate of drug-likeness (QED) is 0.349. The Morgan fingerprint density at radius 2 is 1.67 bits per heavy atom. The zero-order valence-corrected chi connectivity index (χ0v) is 8.97. The Balaban J connectivity index is 1.77. The van der Waals surface area contributed by atoms with E-state index >= 15 is 0 Å². The molecule has 2 saturated heterocycles. The third-order valence-electron chi connectivity index (χ3n) is 2.55. The molecule has 0 aromatic carbocycles. The van der Waals surface area contributed by atoms with Crippen molar-refractivity contribution in [2.75, 3.05) is 52.6 Å². The smallest absolute Gasteiger partial charge is 0.283 e. The van der Waals surface area contributed by atoms with Crippen LogP contribution in [-0.4, -0.2) is 74.8 Å². The molecule has 0 aromatic rings. The Hall–Kier alpha value is -0.940. The van der Waals surface area contributed by atoms with Crippen molar-refractivity contribution in [2.45, 2.75) is 0 Å². The van der Waals surface area contributed by atoms with Gasteiger partial charge in [0.1, 0.15) is 13.1 Å². The number of hydrogen-bond acceptors (Lipinski definition) is 2. The molecule has 2 heterocycles. The predicted molar refractivity (Wildman–Crippen MR) is 57.8 cm³/mol. The number of ether oxygens (including phenoxy) is 2. The Morgan fingerprint density at radius 3 is 2.40 bits per heavy atom. The molecule has 15 heavy (non-hydrogen) atoms. The van der Waals surface area contributed by atoms with Crippen LogP contribution in [0.2, 0.25) is 0 Å². The summed E-state index contributed by atoms with van der Waals surface area (Å²) in [5.41, 5.74) is 0. The lowest BCUT2D eigenvalue weighted by Gasteiger charge is -2.22. The Bertz CT molecular complexity index is 239. The van der Waals surface area contributed by atoms with Crippen LogP contribution in [0.4, 0.5) is 0 Å². The Morgan fingerprint density at radius 1 is 1.00 bits per heavy atom. The molecule has 0 atom stereocenters. The highest BCUT2D eigenvalue weighted by molar-refractivity contribution is 5.68. The van der Waals surface area contributed by atoms with Crippen molar-refractivity contribution in [3.8, 4) is 0 Å². The molecule has 0 aliphatic carbocycles. The fourth-order valence-corrected chi connectivity index (χ4v) is 1.60. The second-order valence-electron chi connectivity index (χ2n) is 3.68. The molecule has 0 saturated carbocycles. The topological polar surface area (TPSA) is 37.1 Å². The molecule has 0 aromatic heterocycles. The molecule has 0 unspecified atom stereocenters. The maximum Gasteiger partial charge on any atom is 0.283 e. The summed E-state index contributed by atoms with van der Waals surface area (Å²) in [5.74, 6) is 0. The number of rotatable bonds is 2. The summed E-state index contributed by atoms with van der Waals surface area (Å²) in [6.07, 6.45) is 3.80. The van der Waals surface area contributed by atoms with Crippen LogP contribution in [0.25, 0.3) is 0 Å². The highest BCUT2D eigenvalue weighted by atomic mass is 16.5. The van der Waals surface area contributed by atoms with E-state index in [1.807, 2.05) is 12.7 Å². The van der Waals surface area contributed by atoms with Gasteiger partial charge in [-0.05, 0) is 4.99 Å². The van der Waals surface area contributed by atoms with E-state index in [-0.39, 0.29) is 0 Å². The molecule has 5 nitrogen and oxygen atoms in total. The first-order chi connectivity index (χ1) is 7.45. The van der Waals surface area contributed by atoms with Gasteiger partial charge in [-0.15, -0.1) is 0 Å². The van der Waals surface area contributed by atoms with Gasteiger partial charge in [0.25, 0.3) is 6.34 Å². The lowest BCUT2D eigenvalue weighted by atomic mass is 10.5. The molecule has 0 amide bonds. The Kier molecular flexibility index (Phi) is 4.11. The van der Waals surface area contributed by atoms with E-state index in [0.717, 1.165) is 52.6 Å². The van der Waals surface area contributed by atoms with Crippen molar-refractivity contribution in [1.29, 1.82) is 0 Å². The predicted octanol–water partition coefficient (Wildman–Crippen LogP) is -0.582. The average Bonchev–Trinajstić information content (AvgIpc) is 2.32. The van der Waals surface area contributed by atoms with Gasteiger partial charge in [0, 0.05) is 13.1 Å². The molecular weight excluding hydrogens is 194 g/mol. The molecule has 84 valence electrons. The van der Waals surface area contributed by atoms with Gasteiger partial charge in [-0.2, -0.15) is 0 Å². The second kappa shape index (κ2) is 5.82. The number of aliphatic imine (C=N–C) groups is 1. The summed E-state index contributed by atoms with van der Waals surface area (Å²) in [6, 6.07) is 0. The molecule has 0 radical (unpaired) electrons. The summed E-state index contributed by atoms with van der Waals surface area (Å²) < 4.78 is 12.7. The van der Waals surface area contributed by atoms with Crippen LogP contribution >= 0.6 is 0 Å². The molecule has 0 N–H and O–H groups in total. The monoisotopic (exact) mass is 212 g/mol. The lowest BCUT2D eigenvalue weighted by molar-refractivity contribution is -0.545. The second-order valence-corrected chi connectivity index (χ2v) is 3.68. The Labute approximate surface area is 90.0 Å². The van der Waals surface area contributed by atoms with Gasteiger partial charge in [-0.25, -0.2) is 0 Å². The van der Waals surface area contributed by atoms with Crippen molar-refractivity contribution in [1.82, 2.24) is 4.90 Å². The summed E-state index contributed by atoms with van der Waals surface area (Å²) in [6.45, 7) is 7.02. The molecule has 5 heteroatoms. The van der Waals surface area contributed by atoms with Gasteiger partial charge in [0.05, 0.1) is 26.4 Å². The van der Waals surface area contributed by atoms with Crippen molar-refractivity contribution >= 4 is 12.7 Å². The standard InChI is InChI=1S/C10H18N3O2/c1-5-14-6-2-12(1)9-11-10-13-3-7-15-8-4-13/h9-10H,1-8H2/q+1. The number of hydrogen-bond donors (Lipinski definition) is 0. The molecular formula is C10H18N3O2+. The highest BCUT2D eigenvalue weighted by Gasteiger charge is 2.09.